The molecule has 2 atom stereocenters. The minimum absolute atomic E-state index is 0.174. The van der Waals surface area contributed by atoms with Crippen LogP contribution in [0.5, 0.6) is 5.75 Å². The number of ether oxygens (including phenoxy) is 1. The summed E-state index contributed by atoms with van der Waals surface area (Å²) in [6.45, 7) is 0.296. The molecule has 3 heterocycles. The van der Waals surface area contributed by atoms with Crippen molar-refractivity contribution in [3.8, 4) is 11.4 Å². The first-order chi connectivity index (χ1) is 16.1. The van der Waals surface area contributed by atoms with Crippen molar-refractivity contribution in [2.75, 3.05) is 12.8 Å². The second kappa shape index (κ2) is 9.59. The van der Waals surface area contributed by atoms with Crippen molar-refractivity contribution < 1.29 is 23.1 Å². The lowest BCUT2D eigenvalue weighted by Crippen LogP contribution is -2.43. The number of halogens is 1. The molecule has 1 N–H and O–H groups in total. The number of benzene rings is 1. The molecule has 1 aliphatic rings. The van der Waals surface area contributed by atoms with Gasteiger partial charge in [-0.15, -0.1) is 0 Å². The molecule has 1 saturated heterocycles. The molecule has 0 aliphatic carbocycles. The summed E-state index contributed by atoms with van der Waals surface area (Å²) in [5, 5.41) is 9.62. The summed E-state index contributed by atoms with van der Waals surface area (Å²) in [5.41, 5.74) is 0.967. The zero-order chi connectivity index (χ0) is 24.5. The van der Waals surface area contributed by atoms with Crippen LogP contribution in [-0.2, 0) is 9.84 Å². The summed E-state index contributed by atoms with van der Waals surface area (Å²) >= 11 is 3.29. The molecule has 1 fully saturated rings. The van der Waals surface area contributed by atoms with Gasteiger partial charge in [-0.1, -0.05) is 6.07 Å². The van der Waals surface area contributed by atoms with E-state index in [0.717, 1.165) is 11.8 Å². The van der Waals surface area contributed by atoms with Gasteiger partial charge in [-0.25, -0.2) is 18.2 Å². The van der Waals surface area contributed by atoms with E-state index in [4.69, 9.17) is 4.74 Å². The first-order valence-electron chi connectivity index (χ1n) is 10.4. The minimum Gasteiger partial charge on any atom is -0.490 e. The summed E-state index contributed by atoms with van der Waals surface area (Å²) in [7, 11) is -3.33. The highest BCUT2D eigenvalue weighted by Crippen LogP contribution is 2.33. The Morgan fingerprint density at radius 1 is 1.18 bits per heavy atom. The SMILES string of the molecule is CS(=O)(=O)c1ccc(-n2ccc(OC3CCN(C(=O)O)C(c4ccc(Br)nc4)C3)cc2=O)cc1. The highest BCUT2D eigenvalue weighted by atomic mass is 79.9. The second-order valence-electron chi connectivity index (χ2n) is 8.01. The number of pyridine rings is 2. The topological polar surface area (TPSA) is 119 Å². The predicted molar refractivity (Wildman–Crippen MR) is 128 cm³/mol. The maximum atomic E-state index is 12.7. The number of hydrogen-bond acceptors (Lipinski definition) is 6. The molecule has 178 valence electrons. The molecule has 34 heavy (non-hydrogen) atoms. The first kappa shape index (κ1) is 24.0. The predicted octanol–water partition coefficient (Wildman–Crippen LogP) is 3.66. The molecule has 0 radical (unpaired) electrons. The highest BCUT2D eigenvalue weighted by Gasteiger charge is 2.34. The molecule has 0 saturated carbocycles. The molecular formula is C23H22BrN3O6S. The van der Waals surface area contributed by atoms with Crippen molar-refractivity contribution in [2.24, 2.45) is 0 Å². The van der Waals surface area contributed by atoms with Crippen LogP contribution < -0.4 is 10.3 Å². The number of sulfone groups is 1. The van der Waals surface area contributed by atoms with Gasteiger partial charge in [-0.05, 0) is 57.9 Å². The third-order valence-corrected chi connectivity index (χ3v) is 7.27. The zero-order valence-electron chi connectivity index (χ0n) is 18.2. The van der Waals surface area contributed by atoms with E-state index in [1.54, 1.807) is 36.7 Å². The second-order valence-corrected chi connectivity index (χ2v) is 10.8. The first-order valence-corrected chi connectivity index (χ1v) is 13.1. The van der Waals surface area contributed by atoms with Crippen molar-refractivity contribution >= 4 is 31.9 Å². The Morgan fingerprint density at radius 3 is 2.50 bits per heavy atom. The lowest BCUT2D eigenvalue weighted by atomic mass is 9.94. The third-order valence-electron chi connectivity index (χ3n) is 5.67. The monoisotopic (exact) mass is 547 g/mol. The van der Waals surface area contributed by atoms with Gasteiger partial charge < -0.3 is 14.7 Å². The quantitative estimate of drug-likeness (QED) is 0.484. The fraction of sp³-hybridized carbons (Fsp3) is 0.261. The molecule has 11 heteroatoms. The minimum atomic E-state index is -3.33. The largest absolute Gasteiger partial charge is 0.490 e. The van der Waals surface area contributed by atoms with E-state index in [2.05, 4.69) is 20.9 Å². The highest BCUT2D eigenvalue weighted by molar-refractivity contribution is 9.10. The van der Waals surface area contributed by atoms with Gasteiger partial charge in [0.1, 0.15) is 16.5 Å². The number of carboxylic acid groups (broad SMARTS) is 1. The Hall–Kier alpha value is -3.18. The van der Waals surface area contributed by atoms with Crippen molar-refractivity contribution in [1.82, 2.24) is 14.5 Å². The Morgan fingerprint density at radius 2 is 1.91 bits per heavy atom. The Kier molecular flexibility index (Phi) is 6.76. The maximum Gasteiger partial charge on any atom is 0.407 e. The molecule has 3 aromatic rings. The number of amides is 1. The van der Waals surface area contributed by atoms with Crippen LogP contribution in [0.1, 0.15) is 24.4 Å². The average Bonchev–Trinajstić information content (AvgIpc) is 2.79. The maximum absolute atomic E-state index is 12.7. The van der Waals surface area contributed by atoms with Gasteiger partial charge in [0.05, 0.1) is 10.9 Å². The van der Waals surface area contributed by atoms with E-state index in [1.807, 2.05) is 6.07 Å². The lowest BCUT2D eigenvalue weighted by molar-refractivity contribution is 0.0537. The molecular weight excluding hydrogens is 526 g/mol. The van der Waals surface area contributed by atoms with E-state index >= 15 is 0 Å². The van der Waals surface area contributed by atoms with Gasteiger partial charge in [0.15, 0.2) is 9.84 Å². The van der Waals surface area contributed by atoms with Crippen molar-refractivity contribution in [3.63, 3.8) is 0 Å². The standard InChI is InChI=1S/C23H22BrN3O6S/c1-34(31,32)19-5-3-16(4-6-19)26-10-8-18(13-22(26)28)33-17-9-11-27(23(29)30)20(12-17)15-2-7-21(24)25-14-15/h2-8,10,13-14,17,20H,9,11-12H2,1H3,(H,29,30). The summed E-state index contributed by atoms with van der Waals surface area (Å²) in [5.74, 6) is 0.385. The molecule has 0 bridgehead atoms. The van der Waals surface area contributed by atoms with E-state index in [1.165, 1.54) is 27.7 Å². The molecule has 4 rings (SSSR count). The number of carbonyl (C=O) groups is 1. The fourth-order valence-corrected chi connectivity index (χ4v) is 4.83. The van der Waals surface area contributed by atoms with Crippen LogP contribution in [0.15, 0.2) is 75.2 Å². The van der Waals surface area contributed by atoms with Crippen LogP contribution in [0.4, 0.5) is 4.79 Å². The Bertz CT molecular complexity index is 1360. The van der Waals surface area contributed by atoms with Gasteiger partial charge in [0.2, 0.25) is 0 Å². The van der Waals surface area contributed by atoms with Crippen LogP contribution in [0.3, 0.4) is 0 Å². The van der Waals surface area contributed by atoms with Crippen molar-refractivity contribution in [3.05, 3.63) is 81.4 Å². The number of rotatable bonds is 5. The molecule has 1 amide bonds. The van der Waals surface area contributed by atoms with Crippen LogP contribution in [0, 0.1) is 0 Å². The molecule has 1 aromatic carbocycles. The van der Waals surface area contributed by atoms with Gasteiger partial charge in [-0.2, -0.15) is 0 Å². The molecule has 1 aliphatic heterocycles. The van der Waals surface area contributed by atoms with Gasteiger partial charge in [0.25, 0.3) is 5.56 Å². The Balaban J connectivity index is 1.51. The normalized spacial score (nSPS) is 18.5. The molecule has 9 nitrogen and oxygen atoms in total. The van der Waals surface area contributed by atoms with Crippen LogP contribution in [0.2, 0.25) is 0 Å². The van der Waals surface area contributed by atoms with Crippen LogP contribution in [-0.4, -0.2) is 53.0 Å². The summed E-state index contributed by atoms with van der Waals surface area (Å²) in [4.78, 5) is 30.2. The van der Waals surface area contributed by atoms with Gasteiger partial charge in [0, 0.05) is 49.8 Å². The van der Waals surface area contributed by atoms with Crippen LogP contribution in [0.25, 0.3) is 5.69 Å². The zero-order valence-corrected chi connectivity index (χ0v) is 20.6. The molecule has 0 spiro atoms. The van der Waals surface area contributed by atoms with Crippen LogP contribution >= 0.6 is 15.9 Å². The fourth-order valence-electron chi connectivity index (χ4n) is 3.96. The molecule has 2 unspecified atom stereocenters. The van der Waals surface area contributed by atoms with E-state index in [-0.39, 0.29) is 16.6 Å². The summed E-state index contributed by atoms with van der Waals surface area (Å²) < 4.78 is 31.4. The summed E-state index contributed by atoms with van der Waals surface area (Å²) in [6.07, 6.45) is 3.95. The lowest BCUT2D eigenvalue weighted by Gasteiger charge is -2.37. The van der Waals surface area contributed by atoms with Crippen molar-refractivity contribution in [2.45, 2.75) is 29.9 Å². The number of likely N-dealkylation sites (tertiary alicyclic amines) is 1. The number of hydrogen-bond donors (Lipinski definition) is 1. The van der Waals surface area contributed by atoms with Gasteiger partial charge in [-0.3, -0.25) is 9.36 Å². The average molecular weight is 548 g/mol. The third kappa shape index (κ3) is 5.31. The van der Waals surface area contributed by atoms with E-state index in [9.17, 15) is 23.1 Å². The van der Waals surface area contributed by atoms with Gasteiger partial charge >= 0.3 is 6.09 Å². The number of nitrogens with zero attached hydrogens (tertiary/aromatic N) is 3. The smallest absolute Gasteiger partial charge is 0.407 e. The Labute approximate surface area is 204 Å². The molecule has 2 aromatic heterocycles. The summed E-state index contributed by atoms with van der Waals surface area (Å²) in [6, 6.07) is 12.2. The van der Waals surface area contributed by atoms with E-state index in [0.29, 0.717) is 35.4 Å². The number of piperidine rings is 1. The number of aromatic nitrogens is 2. The van der Waals surface area contributed by atoms with E-state index < -0.39 is 22.0 Å². The van der Waals surface area contributed by atoms with Crippen molar-refractivity contribution in [1.29, 1.82) is 0 Å².